The first-order chi connectivity index (χ1) is 6.59. The van der Waals surface area contributed by atoms with Gasteiger partial charge in [0.15, 0.2) is 0 Å². The van der Waals surface area contributed by atoms with E-state index in [4.69, 9.17) is 17.3 Å². The van der Waals surface area contributed by atoms with E-state index in [2.05, 4.69) is 0 Å². The van der Waals surface area contributed by atoms with Crippen LogP contribution in [0, 0.1) is 0 Å². The first-order valence-corrected chi connectivity index (χ1v) is 6.25. The van der Waals surface area contributed by atoms with Crippen LogP contribution < -0.4 is 5.73 Å². The Labute approximate surface area is 92.8 Å². The van der Waals surface area contributed by atoms with Gasteiger partial charge in [0.05, 0.1) is 0 Å². The van der Waals surface area contributed by atoms with E-state index >= 15 is 0 Å². The van der Waals surface area contributed by atoms with Crippen LogP contribution >= 0.6 is 11.6 Å². The molecule has 0 aliphatic heterocycles. The predicted molar refractivity (Wildman–Crippen MR) is 55.5 cm³/mol. The Morgan fingerprint density at radius 2 is 1.86 bits per heavy atom. The van der Waals surface area contributed by atoms with E-state index < -0.39 is 20.9 Å². The minimum absolute atomic E-state index is 0.0343. The molecule has 0 radical (unpaired) electrons. The number of benzene rings is 1. The molecule has 5 heteroatoms. The fraction of sp³-hybridized carbons (Fsp3) is 0.111. The quantitative estimate of drug-likeness (QED) is 0.837. The van der Waals surface area contributed by atoms with Gasteiger partial charge in [-0.1, -0.05) is 0 Å². The fourth-order valence-corrected chi connectivity index (χ4v) is 2.14. The van der Waals surface area contributed by atoms with E-state index in [1.54, 1.807) is 24.3 Å². The van der Waals surface area contributed by atoms with Crippen LogP contribution in [0.3, 0.4) is 0 Å². The normalized spacial score (nSPS) is 9.79. The van der Waals surface area contributed by atoms with Crippen LogP contribution in [0.25, 0.3) is 0 Å². The summed E-state index contributed by atoms with van der Waals surface area (Å²) in [6.45, 7) is 0. The van der Waals surface area contributed by atoms with E-state index in [1.165, 1.54) is 0 Å². The molecule has 0 aromatic heterocycles. The summed E-state index contributed by atoms with van der Waals surface area (Å²) in [5.41, 5.74) is 5.53. The molecule has 0 aliphatic rings. The number of hydrogen-bond acceptors (Lipinski definition) is 2. The molecule has 0 unspecified atom stereocenters. The number of primary amides is 1. The molecule has 1 aromatic carbocycles. The summed E-state index contributed by atoms with van der Waals surface area (Å²) < 4.78 is -0.0343. The molecule has 2 N–H and O–H groups in total. The zero-order chi connectivity index (χ0) is 10.6. The summed E-state index contributed by atoms with van der Waals surface area (Å²) in [4.78, 5) is 21.9. The molecule has 0 atom stereocenters. The molecule has 0 heterocycles. The zero-order valence-electron chi connectivity index (χ0n) is 7.20. The van der Waals surface area contributed by atoms with Crippen molar-refractivity contribution in [3.63, 3.8) is 0 Å². The van der Waals surface area contributed by atoms with Gasteiger partial charge in [-0.25, -0.2) is 0 Å². The third-order valence-corrected chi connectivity index (χ3v) is 3.62. The third-order valence-electron chi connectivity index (χ3n) is 1.43. The van der Waals surface area contributed by atoms with Crippen LogP contribution in [0.5, 0.6) is 0 Å². The van der Waals surface area contributed by atoms with Gasteiger partial charge >= 0.3 is 92.6 Å². The van der Waals surface area contributed by atoms with Crippen LogP contribution in [0.15, 0.2) is 24.3 Å². The van der Waals surface area contributed by atoms with E-state index in [1.807, 2.05) is 0 Å². The average Bonchev–Trinajstić information content (AvgIpc) is 2.15. The molecule has 14 heavy (non-hydrogen) atoms. The van der Waals surface area contributed by atoms with Crippen molar-refractivity contribution in [3.05, 3.63) is 34.9 Å². The van der Waals surface area contributed by atoms with Crippen molar-refractivity contribution in [1.29, 1.82) is 0 Å². The Kier molecular flexibility index (Phi) is 4.14. The number of carbonyl (C=O) groups is 2. The molecule has 74 valence electrons. The number of carbonyl (C=O) groups excluding carboxylic acids is 2. The summed E-state index contributed by atoms with van der Waals surface area (Å²) in [5, 5.41) is 0.734. The Bertz CT molecular complexity index is 350. The number of halogens is 1. The molecule has 0 bridgehead atoms. The van der Waals surface area contributed by atoms with Gasteiger partial charge in [0.2, 0.25) is 0 Å². The zero-order valence-corrected chi connectivity index (χ0v) is 9.67. The third kappa shape index (κ3) is 3.50. The number of hydrogen-bond donors (Lipinski definition) is 1. The number of rotatable bonds is 4. The second-order valence-electron chi connectivity index (χ2n) is 2.55. The second-order valence-corrected chi connectivity index (χ2v) is 4.98. The Morgan fingerprint density at radius 3 is 2.36 bits per heavy atom. The monoisotopic (exact) mass is 277 g/mol. The summed E-state index contributed by atoms with van der Waals surface area (Å²) in [5.74, 6) is -0.438. The van der Waals surface area contributed by atoms with Gasteiger partial charge in [-0.2, -0.15) is 0 Å². The van der Waals surface area contributed by atoms with E-state index in [0.29, 0.717) is 10.6 Å². The van der Waals surface area contributed by atoms with Crippen molar-refractivity contribution in [3.8, 4) is 0 Å². The first kappa shape index (κ1) is 11.2. The summed E-state index contributed by atoms with van der Waals surface area (Å²) in [7, 11) is 0. The maximum absolute atomic E-state index is 11.4. The van der Waals surface area contributed by atoms with E-state index in [0.717, 1.165) is 0 Å². The van der Waals surface area contributed by atoms with Crippen molar-refractivity contribution in [1.82, 2.24) is 0 Å². The van der Waals surface area contributed by atoms with Gasteiger partial charge < -0.3 is 0 Å². The molecule has 0 aliphatic carbocycles. The van der Waals surface area contributed by atoms with Crippen LogP contribution in [0.4, 0.5) is 0 Å². The number of nitrogens with two attached hydrogens (primary N) is 1. The van der Waals surface area contributed by atoms with Gasteiger partial charge in [-0.3, -0.25) is 0 Å². The Morgan fingerprint density at radius 1 is 1.29 bits per heavy atom. The molecule has 0 fully saturated rings. The number of amides is 1. The SMILES string of the molecule is NC(=O)C[Se]C(=O)c1ccc(Cl)cc1. The molecule has 1 rings (SSSR count). The van der Waals surface area contributed by atoms with E-state index in [9.17, 15) is 9.59 Å². The summed E-state index contributed by atoms with van der Waals surface area (Å²) >= 11 is 5.26. The molecular formula is C9H8ClNO2Se. The summed E-state index contributed by atoms with van der Waals surface area (Å²) in [6, 6.07) is 6.59. The van der Waals surface area contributed by atoms with Gasteiger partial charge in [0, 0.05) is 0 Å². The van der Waals surface area contributed by atoms with Gasteiger partial charge in [0.25, 0.3) is 0 Å². The molecule has 0 spiro atoms. The Hall–Kier alpha value is -0.831. The van der Waals surface area contributed by atoms with Crippen molar-refractivity contribution in [2.45, 2.75) is 5.32 Å². The van der Waals surface area contributed by atoms with Crippen LogP contribution in [-0.4, -0.2) is 25.5 Å². The van der Waals surface area contributed by atoms with Crippen molar-refractivity contribution in [2.24, 2.45) is 5.73 Å². The fourth-order valence-electron chi connectivity index (χ4n) is 0.806. The maximum atomic E-state index is 11.4. The predicted octanol–water partition coefficient (Wildman–Crippen LogP) is 1.09. The molecule has 1 aromatic rings. The van der Waals surface area contributed by atoms with Gasteiger partial charge in [-0.05, 0) is 0 Å². The summed E-state index contributed by atoms with van der Waals surface area (Å²) in [6.07, 6.45) is 0. The Balaban J connectivity index is 2.61. The van der Waals surface area contributed by atoms with Gasteiger partial charge in [-0.15, -0.1) is 0 Å². The van der Waals surface area contributed by atoms with E-state index in [-0.39, 0.29) is 10.0 Å². The molecule has 3 nitrogen and oxygen atoms in total. The molecule has 0 saturated heterocycles. The van der Waals surface area contributed by atoms with Crippen molar-refractivity contribution < 1.29 is 9.59 Å². The molecule has 1 amide bonds. The standard InChI is InChI=1S/C9H8ClNO2Se/c10-7-3-1-6(2-4-7)9(13)14-5-8(11)12/h1-4H,5H2,(H2,11,12). The molecule has 0 saturated carbocycles. The van der Waals surface area contributed by atoms with Crippen LogP contribution in [-0.2, 0) is 4.79 Å². The average molecular weight is 277 g/mol. The second kappa shape index (κ2) is 5.15. The van der Waals surface area contributed by atoms with Crippen molar-refractivity contribution in [2.75, 3.05) is 0 Å². The van der Waals surface area contributed by atoms with Crippen LogP contribution in [0.2, 0.25) is 10.3 Å². The minimum atomic E-state index is -0.438. The van der Waals surface area contributed by atoms with Crippen LogP contribution in [0.1, 0.15) is 10.4 Å². The first-order valence-electron chi connectivity index (χ1n) is 3.80. The topological polar surface area (TPSA) is 60.2 Å². The van der Waals surface area contributed by atoms with Crippen molar-refractivity contribution >= 4 is 37.1 Å². The van der Waals surface area contributed by atoms with Gasteiger partial charge in [0.1, 0.15) is 0 Å². The molecular weight excluding hydrogens is 269 g/mol.